The number of benzene rings is 1. The predicted octanol–water partition coefficient (Wildman–Crippen LogP) is 4.10. The van der Waals surface area contributed by atoms with Crippen LogP contribution in [0.3, 0.4) is 0 Å². The van der Waals surface area contributed by atoms with Gasteiger partial charge in [0.25, 0.3) is 5.91 Å². The third kappa shape index (κ3) is 6.57. The summed E-state index contributed by atoms with van der Waals surface area (Å²) in [6.07, 6.45) is 5.71. The van der Waals surface area contributed by atoms with Crippen LogP contribution >= 0.6 is 11.3 Å². The lowest BCUT2D eigenvalue weighted by Gasteiger charge is -2.08. The van der Waals surface area contributed by atoms with E-state index in [0.717, 1.165) is 31.4 Å². The van der Waals surface area contributed by atoms with E-state index in [4.69, 9.17) is 0 Å². The summed E-state index contributed by atoms with van der Waals surface area (Å²) in [4.78, 5) is 25.8. The molecule has 3 N–H and O–H groups in total. The molecule has 7 heteroatoms. The highest BCUT2D eigenvalue weighted by Gasteiger charge is 2.08. The molecule has 0 bridgehead atoms. The summed E-state index contributed by atoms with van der Waals surface area (Å²) < 4.78 is 0. The van der Waals surface area contributed by atoms with Gasteiger partial charge in [-0.3, -0.25) is 14.7 Å². The largest absolute Gasteiger partial charge is 0.352 e. The van der Waals surface area contributed by atoms with Crippen molar-refractivity contribution in [2.75, 3.05) is 11.9 Å². The number of carbonyl (C=O) groups excluding carboxylic acids is 2. The lowest BCUT2D eigenvalue weighted by atomic mass is 10.1. The molecule has 3 rings (SSSR count). The first-order valence-electron chi connectivity index (χ1n) is 9.81. The van der Waals surface area contributed by atoms with Crippen molar-refractivity contribution < 1.29 is 9.59 Å². The highest BCUT2D eigenvalue weighted by atomic mass is 32.1. The van der Waals surface area contributed by atoms with Gasteiger partial charge in [0.05, 0.1) is 6.20 Å². The standard InChI is InChI=1S/C22H26N4O2S/c1-16-18(15-24-26-16)7-4-12-23-22(28)17-6-2-8-19(14-17)25-21(27)11-3-9-20-10-5-13-29-20/h2,5-6,8,10,13-15H,3-4,7,9,11-12H2,1H3,(H,23,28)(H,24,26)(H,25,27). The lowest BCUT2D eigenvalue weighted by Crippen LogP contribution is -2.25. The summed E-state index contributed by atoms with van der Waals surface area (Å²) in [5.41, 5.74) is 3.42. The van der Waals surface area contributed by atoms with Crippen molar-refractivity contribution in [1.82, 2.24) is 15.5 Å². The van der Waals surface area contributed by atoms with Crippen molar-refractivity contribution in [3.63, 3.8) is 0 Å². The summed E-state index contributed by atoms with van der Waals surface area (Å²) in [6.45, 7) is 2.58. The van der Waals surface area contributed by atoms with Gasteiger partial charge in [-0.2, -0.15) is 5.10 Å². The number of amides is 2. The fourth-order valence-electron chi connectivity index (χ4n) is 3.05. The number of hydrogen-bond acceptors (Lipinski definition) is 4. The number of nitrogens with one attached hydrogen (secondary N) is 3. The molecule has 0 fully saturated rings. The Kier molecular flexibility index (Phi) is 7.58. The molecule has 1 aromatic carbocycles. The molecule has 3 aromatic rings. The van der Waals surface area contributed by atoms with Crippen molar-refractivity contribution in [1.29, 1.82) is 0 Å². The van der Waals surface area contributed by atoms with Gasteiger partial charge in [-0.05, 0) is 67.8 Å². The first kappa shape index (κ1) is 20.8. The Morgan fingerprint density at radius 2 is 2.03 bits per heavy atom. The van der Waals surface area contributed by atoms with Crippen molar-refractivity contribution in [3.05, 3.63) is 69.7 Å². The van der Waals surface area contributed by atoms with Crippen LogP contribution in [0.4, 0.5) is 5.69 Å². The molecule has 0 radical (unpaired) electrons. The zero-order chi connectivity index (χ0) is 20.5. The highest BCUT2D eigenvalue weighted by molar-refractivity contribution is 7.09. The normalized spacial score (nSPS) is 10.7. The van der Waals surface area contributed by atoms with E-state index in [9.17, 15) is 9.59 Å². The van der Waals surface area contributed by atoms with Crippen LogP contribution in [-0.4, -0.2) is 28.6 Å². The zero-order valence-corrected chi connectivity index (χ0v) is 17.3. The number of carbonyl (C=O) groups is 2. The van der Waals surface area contributed by atoms with E-state index in [-0.39, 0.29) is 11.8 Å². The second-order valence-electron chi connectivity index (χ2n) is 6.94. The summed E-state index contributed by atoms with van der Waals surface area (Å²) >= 11 is 1.71. The quantitative estimate of drug-likeness (QED) is 0.440. The minimum Gasteiger partial charge on any atom is -0.352 e. The molecule has 6 nitrogen and oxygen atoms in total. The SMILES string of the molecule is Cc1[nH]ncc1CCCNC(=O)c1cccc(NC(=O)CCCc2cccs2)c1. The minimum atomic E-state index is -0.136. The van der Waals surface area contributed by atoms with Gasteiger partial charge >= 0.3 is 0 Å². The molecule has 0 spiro atoms. The Balaban J connectivity index is 1.41. The molecule has 0 saturated heterocycles. The van der Waals surface area contributed by atoms with E-state index in [1.807, 2.05) is 24.6 Å². The van der Waals surface area contributed by atoms with Gasteiger partial charge in [0.15, 0.2) is 0 Å². The number of aromatic amines is 1. The average Bonchev–Trinajstić information content (AvgIpc) is 3.37. The van der Waals surface area contributed by atoms with Crippen LogP contribution in [-0.2, 0) is 17.6 Å². The highest BCUT2D eigenvalue weighted by Crippen LogP contribution is 2.14. The Hall–Kier alpha value is -2.93. The fourth-order valence-corrected chi connectivity index (χ4v) is 3.80. The zero-order valence-electron chi connectivity index (χ0n) is 16.5. The third-order valence-corrected chi connectivity index (χ3v) is 5.59. The molecular formula is C22H26N4O2S. The van der Waals surface area contributed by atoms with Crippen molar-refractivity contribution in [3.8, 4) is 0 Å². The number of H-pyrrole nitrogens is 1. The monoisotopic (exact) mass is 410 g/mol. The second kappa shape index (κ2) is 10.6. The summed E-state index contributed by atoms with van der Waals surface area (Å²) in [5, 5.41) is 14.8. The van der Waals surface area contributed by atoms with E-state index >= 15 is 0 Å². The Morgan fingerprint density at radius 3 is 2.79 bits per heavy atom. The maximum absolute atomic E-state index is 12.4. The number of aryl methyl sites for hydroxylation is 3. The Morgan fingerprint density at radius 1 is 1.14 bits per heavy atom. The van der Waals surface area contributed by atoms with Gasteiger partial charge in [0, 0.05) is 34.8 Å². The number of rotatable bonds is 10. The van der Waals surface area contributed by atoms with E-state index in [0.29, 0.717) is 24.2 Å². The van der Waals surface area contributed by atoms with Crippen LogP contribution < -0.4 is 10.6 Å². The topological polar surface area (TPSA) is 86.9 Å². The molecule has 2 heterocycles. The Bertz CT molecular complexity index is 934. The average molecular weight is 411 g/mol. The van der Waals surface area contributed by atoms with Gasteiger partial charge in [-0.15, -0.1) is 11.3 Å². The van der Waals surface area contributed by atoms with Crippen LogP contribution in [0.25, 0.3) is 0 Å². The third-order valence-electron chi connectivity index (χ3n) is 4.66. The van der Waals surface area contributed by atoms with Crippen LogP contribution in [0.1, 0.15) is 45.8 Å². The smallest absolute Gasteiger partial charge is 0.251 e. The van der Waals surface area contributed by atoms with E-state index in [2.05, 4.69) is 26.9 Å². The van der Waals surface area contributed by atoms with Crippen molar-refractivity contribution in [2.24, 2.45) is 0 Å². The van der Waals surface area contributed by atoms with Crippen LogP contribution in [0.5, 0.6) is 0 Å². The molecule has 152 valence electrons. The van der Waals surface area contributed by atoms with Crippen LogP contribution in [0, 0.1) is 6.92 Å². The summed E-state index contributed by atoms with van der Waals surface area (Å²) in [7, 11) is 0. The van der Waals surface area contributed by atoms with E-state index in [1.165, 1.54) is 10.4 Å². The maximum atomic E-state index is 12.4. The van der Waals surface area contributed by atoms with Gasteiger partial charge in [-0.1, -0.05) is 12.1 Å². The van der Waals surface area contributed by atoms with E-state index < -0.39 is 0 Å². The first-order valence-corrected chi connectivity index (χ1v) is 10.7. The van der Waals surface area contributed by atoms with Crippen LogP contribution in [0.15, 0.2) is 48.0 Å². The fraction of sp³-hybridized carbons (Fsp3) is 0.318. The molecule has 0 aliphatic rings. The number of thiophene rings is 1. The molecule has 0 saturated carbocycles. The number of aromatic nitrogens is 2. The molecule has 0 unspecified atom stereocenters. The molecular weight excluding hydrogens is 384 g/mol. The number of nitrogens with zero attached hydrogens (tertiary/aromatic N) is 1. The molecule has 0 aliphatic heterocycles. The van der Waals surface area contributed by atoms with Gasteiger partial charge in [-0.25, -0.2) is 0 Å². The Labute approximate surface area is 174 Å². The second-order valence-corrected chi connectivity index (χ2v) is 7.97. The predicted molar refractivity (Wildman–Crippen MR) is 116 cm³/mol. The van der Waals surface area contributed by atoms with Crippen LogP contribution in [0.2, 0.25) is 0 Å². The van der Waals surface area contributed by atoms with Gasteiger partial charge in [0.2, 0.25) is 5.91 Å². The molecule has 0 aliphatic carbocycles. The lowest BCUT2D eigenvalue weighted by molar-refractivity contribution is -0.116. The molecule has 2 amide bonds. The molecule has 2 aromatic heterocycles. The summed E-state index contributed by atoms with van der Waals surface area (Å²) in [6, 6.07) is 11.2. The maximum Gasteiger partial charge on any atom is 0.251 e. The first-order chi connectivity index (χ1) is 14.1. The van der Waals surface area contributed by atoms with Gasteiger partial charge < -0.3 is 10.6 Å². The minimum absolute atomic E-state index is 0.0328. The van der Waals surface area contributed by atoms with Crippen molar-refractivity contribution >= 4 is 28.8 Å². The number of hydrogen-bond donors (Lipinski definition) is 3. The summed E-state index contributed by atoms with van der Waals surface area (Å²) in [5.74, 6) is -0.169. The molecule has 0 atom stereocenters. The van der Waals surface area contributed by atoms with Crippen molar-refractivity contribution in [2.45, 2.75) is 39.0 Å². The van der Waals surface area contributed by atoms with Gasteiger partial charge in [0.1, 0.15) is 0 Å². The molecule has 29 heavy (non-hydrogen) atoms. The van der Waals surface area contributed by atoms with E-state index in [1.54, 1.807) is 35.6 Å². The number of anilines is 1.